The number of halogens is 1. The van der Waals surface area contributed by atoms with E-state index in [4.69, 9.17) is 4.74 Å². The van der Waals surface area contributed by atoms with Crippen LogP contribution in [0.15, 0.2) is 53.4 Å². The van der Waals surface area contributed by atoms with E-state index in [0.717, 1.165) is 23.8 Å². The molecule has 6 nitrogen and oxygen atoms in total. The monoisotopic (exact) mass is 432 g/mol. The first-order valence-corrected chi connectivity index (χ1v) is 11.6. The lowest BCUT2D eigenvalue weighted by molar-refractivity contribution is -0.126. The highest BCUT2D eigenvalue weighted by Gasteiger charge is 2.33. The molecule has 0 spiro atoms. The summed E-state index contributed by atoms with van der Waals surface area (Å²) in [5, 5.41) is 3.00. The van der Waals surface area contributed by atoms with Gasteiger partial charge in [0.25, 0.3) is 0 Å². The van der Waals surface area contributed by atoms with Crippen molar-refractivity contribution in [2.75, 3.05) is 26.2 Å². The van der Waals surface area contributed by atoms with Gasteiger partial charge in [-0.15, -0.1) is 0 Å². The van der Waals surface area contributed by atoms with Gasteiger partial charge >= 0.3 is 0 Å². The third-order valence-corrected chi connectivity index (χ3v) is 7.73. The van der Waals surface area contributed by atoms with Gasteiger partial charge < -0.3 is 10.1 Å². The van der Waals surface area contributed by atoms with Crippen LogP contribution in [0, 0.1) is 17.7 Å². The summed E-state index contributed by atoms with van der Waals surface area (Å²) in [6, 6.07) is 13.3. The number of rotatable bonds is 5. The standard InChI is InChI=1S/C22H25FN2O4S/c23-19-6-2-4-8-21(19)30(27,28)25-11-9-17(10-12-25)22(26)24-14-16-13-18-5-1-3-7-20(18)29-15-16/h1-8,16-17H,9-15H2,(H,24,26). The van der Waals surface area contributed by atoms with Crippen LogP contribution in [0.2, 0.25) is 0 Å². The molecule has 0 bridgehead atoms. The summed E-state index contributed by atoms with van der Waals surface area (Å²) in [6.45, 7) is 1.50. The zero-order valence-corrected chi connectivity index (χ0v) is 17.4. The van der Waals surface area contributed by atoms with Crippen LogP contribution in [0.1, 0.15) is 18.4 Å². The number of ether oxygens (including phenoxy) is 1. The van der Waals surface area contributed by atoms with Crippen molar-refractivity contribution in [2.45, 2.75) is 24.2 Å². The molecule has 1 amide bonds. The average molecular weight is 433 g/mol. The Balaban J connectivity index is 1.28. The Bertz CT molecular complexity index is 1020. The average Bonchev–Trinajstić information content (AvgIpc) is 2.77. The molecule has 2 heterocycles. The van der Waals surface area contributed by atoms with Gasteiger partial charge in [0.2, 0.25) is 15.9 Å². The van der Waals surface area contributed by atoms with Gasteiger partial charge in [0.15, 0.2) is 0 Å². The van der Waals surface area contributed by atoms with Crippen LogP contribution in [-0.2, 0) is 21.2 Å². The number of carbonyl (C=O) groups excluding carboxylic acids is 1. The normalized spacial score (nSPS) is 20.2. The largest absolute Gasteiger partial charge is 0.493 e. The van der Waals surface area contributed by atoms with E-state index < -0.39 is 15.8 Å². The van der Waals surface area contributed by atoms with Crippen LogP contribution in [0.3, 0.4) is 0 Å². The van der Waals surface area contributed by atoms with E-state index >= 15 is 0 Å². The number of nitrogens with one attached hydrogen (secondary N) is 1. The first-order chi connectivity index (χ1) is 14.4. The number of benzene rings is 2. The molecule has 8 heteroatoms. The molecule has 2 aromatic carbocycles. The first-order valence-electron chi connectivity index (χ1n) is 10.2. The summed E-state index contributed by atoms with van der Waals surface area (Å²) in [5.74, 6) is 0.0631. The van der Waals surface area contributed by atoms with Crippen molar-refractivity contribution < 1.29 is 22.3 Å². The third kappa shape index (κ3) is 4.34. The minimum Gasteiger partial charge on any atom is -0.493 e. The molecule has 2 aromatic rings. The molecule has 1 N–H and O–H groups in total. The summed E-state index contributed by atoms with van der Waals surface area (Å²) in [7, 11) is -3.89. The second-order valence-electron chi connectivity index (χ2n) is 7.84. The maximum atomic E-state index is 13.9. The molecule has 30 heavy (non-hydrogen) atoms. The summed E-state index contributed by atoms with van der Waals surface area (Å²) >= 11 is 0. The van der Waals surface area contributed by atoms with Crippen molar-refractivity contribution in [3.05, 3.63) is 59.9 Å². The van der Waals surface area contributed by atoms with Crippen molar-refractivity contribution in [1.82, 2.24) is 9.62 Å². The van der Waals surface area contributed by atoms with Crippen molar-refractivity contribution in [2.24, 2.45) is 11.8 Å². The minimum atomic E-state index is -3.89. The number of amides is 1. The van der Waals surface area contributed by atoms with Gasteiger partial charge in [-0.1, -0.05) is 30.3 Å². The number of carbonyl (C=O) groups is 1. The van der Waals surface area contributed by atoms with Gasteiger partial charge in [0.05, 0.1) is 6.61 Å². The molecule has 0 aliphatic carbocycles. The quantitative estimate of drug-likeness (QED) is 0.788. The highest BCUT2D eigenvalue weighted by atomic mass is 32.2. The van der Waals surface area contributed by atoms with E-state index in [1.54, 1.807) is 0 Å². The summed E-state index contributed by atoms with van der Waals surface area (Å²) < 4.78 is 46.3. The van der Waals surface area contributed by atoms with Crippen LogP contribution in [-0.4, -0.2) is 44.9 Å². The van der Waals surface area contributed by atoms with Crippen LogP contribution in [0.5, 0.6) is 5.75 Å². The van der Waals surface area contributed by atoms with Gasteiger partial charge in [0.1, 0.15) is 16.5 Å². The summed E-state index contributed by atoms with van der Waals surface area (Å²) in [6.07, 6.45) is 1.70. The molecule has 0 radical (unpaired) electrons. The molecule has 1 fully saturated rings. The first kappa shape index (κ1) is 20.8. The Morgan fingerprint density at radius 2 is 1.80 bits per heavy atom. The molecule has 1 saturated heterocycles. The van der Waals surface area contributed by atoms with Crippen molar-refractivity contribution in [3.8, 4) is 5.75 Å². The van der Waals surface area contributed by atoms with Crippen LogP contribution in [0.4, 0.5) is 4.39 Å². The van der Waals surface area contributed by atoms with Crippen molar-refractivity contribution >= 4 is 15.9 Å². The highest BCUT2D eigenvalue weighted by molar-refractivity contribution is 7.89. The predicted octanol–water partition coefficient (Wildman–Crippen LogP) is 2.59. The van der Waals surface area contributed by atoms with E-state index in [1.807, 2.05) is 24.3 Å². The van der Waals surface area contributed by atoms with Gasteiger partial charge in [0, 0.05) is 31.5 Å². The molecule has 2 aliphatic heterocycles. The number of fused-ring (bicyclic) bond motifs is 1. The lowest BCUT2D eigenvalue weighted by Crippen LogP contribution is -2.44. The molecule has 0 saturated carbocycles. The Morgan fingerprint density at radius 1 is 1.10 bits per heavy atom. The molecule has 160 valence electrons. The van der Waals surface area contributed by atoms with Gasteiger partial charge in [-0.3, -0.25) is 4.79 Å². The van der Waals surface area contributed by atoms with E-state index in [0.29, 0.717) is 26.0 Å². The van der Waals surface area contributed by atoms with E-state index in [9.17, 15) is 17.6 Å². The highest BCUT2D eigenvalue weighted by Crippen LogP contribution is 2.27. The molecule has 4 rings (SSSR count). The molecular weight excluding hydrogens is 407 g/mol. The Kier molecular flexibility index (Phi) is 6.06. The van der Waals surface area contributed by atoms with Crippen molar-refractivity contribution in [1.29, 1.82) is 0 Å². The Hall–Kier alpha value is -2.45. The topological polar surface area (TPSA) is 75.7 Å². The molecule has 1 atom stereocenters. The zero-order chi connectivity index (χ0) is 21.1. The maximum absolute atomic E-state index is 13.9. The number of piperidine rings is 1. The number of nitrogens with zero attached hydrogens (tertiary/aromatic N) is 1. The van der Waals surface area contributed by atoms with Crippen LogP contribution in [0.25, 0.3) is 0 Å². The lowest BCUT2D eigenvalue weighted by atomic mass is 9.95. The minimum absolute atomic E-state index is 0.0585. The smallest absolute Gasteiger partial charge is 0.245 e. The fraction of sp³-hybridized carbons (Fsp3) is 0.409. The number of para-hydroxylation sites is 1. The zero-order valence-electron chi connectivity index (χ0n) is 16.6. The molecule has 2 aliphatic rings. The third-order valence-electron chi connectivity index (χ3n) is 5.80. The van der Waals surface area contributed by atoms with E-state index in [-0.39, 0.29) is 35.7 Å². The van der Waals surface area contributed by atoms with Crippen LogP contribution >= 0.6 is 0 Å². The Morgan fingerprint density at radius 3 is 2.57 bits per heavy atom. The summed E-state index contributed by atoms with van der Waals surface area (Å²) in [5.41, 5.74) is 1.15. The van der Waals surface area contributed by atoms with Crippen LogP contribution < -0.4 is 10.1 Å². The lowest BCUT2D eigenvalue weighted by Gasteiger charge is -2.31. The second kappa shape index (κ2) is 8.73. The van der Waals surface area contributed by atoms with E-state index in [2.05, 4.69) is 5.32 Å². The fourth-order valence-corrected chi connectivity index (χ4v) is 5.60. The molecule has 1 unspecified atom stereocenters. The number of sulfonamides is 1. The van der Waals surface area contributed by atoms with Crippen molar-refractivity contribution in [3.63, 3.8) is 0 Å². The van der Waals surface area contributed by atoms with Gasteiger partial charge in [-0.05, 0) is 43.0 Å². The molecule has 0 aromatic heterocycles. The summed E-state index contributed by atoms with van der Waals surface area (Å²) in [4.78, 5) is 12.3. The van der Waals surface area contributed by atoms with E-state index in [1.165, 1.54) is 22.5 Å². The number of hydrogen-bond acceptors (Lipinski definition) is 4. The SMILES string of the molecule is O=C(NCC1COc2ccccc2C1)C1CCN(S(=O)(=O)c2ccccc2F)CC1. The second-order valence-corrected chi connectivity index (χ2v) is 9.75. The maximum Gasteiger partial charge on any atom is 0.245 e. The number of hydrogen-bond donors (Lipinski definition) is 1. The van der Waals surface area contributed by atoms with Gasteiger partial charge in [-0.25, -0.2) is 12.8 Å². The van der Waals surface area contributed by atoms with Gasteiger partial charge in [-0.2, -0.15) is 4.31 Å². The predicted molar refractivity (Wildman–Crippen MR) is 110 cm³/mol. The fourth-order valence-electron chi connectivity index (χ4n) is 4.06. The molecular formula is C22H25FN2O4S. The Labute approximate surface area is 176 Å².